The maximum atomic E-state index is 9.45. The normalized spacial score (nSPS) is 11.6. The highest BCUT2D eigenvalue weighted by Gasteiger charge is 2.14. The van der Waals surface area contributed by atoms with Crippen molar-refractivity contribution in [1.82, 2.24) is 0 Å². The Morgan fingerprint density at radius 1 is 1.50 bits per heavy atom. The summed E-state index contributed by atoms with van der Waals surface area (Å²) in [7, 11) is 1.49. The lowest BCUT2D eigenvalue weighted by atomic mass is 10.1. The molecule has 0 unspecified atom stereocenters. The Hall–Kier alpha value is -0.970. The molecule has 4 N–H and O–H groups in total. The lowest BCUT2D eigenvalue weighted by Crippen LogP contribution is -2.15. The van der Waals surface area contributed by atoms with Gasteiger partial charge in [-0.25, -0.2) is 0 Å². The molecule has 1 atom stereocenters. The van der Waals surface area contributed by atoms with Crippen molar-refractivity contribution in [3.05, 3.63) is 23.8 Å². The third-order valence-corrected chi connectivity index (χ3v) is 1.83. The molecule has 0 heterocycles. The Bertz CT molecular complexity index is 293. The van der Waals surface area contributed by atoms with Gasteiger partial charge in [-0.3, -0.25) is 0 Å². The van der Waals surface area contributed by atoms with Gasteiger partial charge in [0.25, 0.3) is 0 Å². The molecule has 1 rings (SSSR count). The third kappa shape index (κ3) is 2.51. The van der Waals surface area contributed by atoms with E-state index in [4.69, 9.17) is 15.6 Å². The van der Waals surface area contributed by atoms with Crippen LogP contribution in [0.15, 0.2) is 18.2 Å². The first-order valence-electron chi connectivity index (χ1n) is 3.93. The van der Waals surface area contributed by atoms with Gasteiger partial charge in [-0.2, -0.15) is 0 Å². The molecule has 80 valence electrons. The highest BCUT2D eigenvalue weighted by Crippen LogP contribution is 2.31. The minimum Gasteiger partial charge on any atom is -0.507 e. The van der Waals surface area contributed by atoms with Crippen molar-refractivity contribution in [3.63, 3.8) is 0 Å². The van der Waals surface area contributed by atoms with Crippen LogP contribution in [-0.4, -0.2) is 23.9 Å². The minimum absolute atomic E-state index is 0. The Morgan fingerprint density at radius 3 is 2.64 bits per heavy atom. The zero-order valence-electron chi connectivity index (χ0n) is 7.80. The molecule has 0 aliphatic carbocycles. The number of phenols is 1. The average Bonchev–Trinajstić information content (AvgIpc) is 2.16. The number of aliphatic hydroxyl groups excluding tert-OH is 1. The van der Waals surface area contributed by atoms with Gasteiger partial charge in [0.1, 0.15) is 11.5 Å². The number of methoxy groups -OCH3 is 1. The topological polar surface area (TPSA) is 75.7 Å². The molecule has 1 aromatic rings. The second-order valence-corrected chi connectivity index (χ2v) is 2.68. The molecule has 0 amide bonds. The number of ether oxygens (including phenoxy) is 1. The van der Waals surface area contributed by atoms with E-state index in [1.165, 1.54) is 13.2 Å². The zero-order chi connectivity index (χ0) is 9.84. The Morgan fingerprint density at radius 2 is 2.14 bits per heavy atom. The quantitative estimate of drug-likeness (QED) is 0.704. The molecule has 0 aliphatic heterocycles. The van der Waals surface area contributed by atoms with Gasteiger partial charge in [-0.1, -0.05) is 6.07 Å². The number of phenolic OH excluding ortho intramolecular Hbond substituents is 1. The highest BCUT2D eigenvalue weighted by atomic mass is 35.5. The van der Waals surface area contributed by atoms with E-state index in [1.54, 1.807) is 12.1 Å². The van der Waals surface area contributed by atoms with Crippen LogP contribution in [0, 0.1) is 0 Å². The summed E-state index contributed by atoms with van der Waals surface area (Å²) in [4.78, 5) is 0. The number of hydrogen-bond acceptors (Lipinski definition) is 4. The fourth-order valence-electron chi connectivity index (χ4n) is 1.17. The van der Waals surface area contributed by atoms with E-state index >= 15 is 0 Å². The van der Waals surface area contributed by atoms with Crippen molar-refractivity contribution in [2.75, 3.05) is 13.7 Å². The Balaban J connectivity index is 0.00000169. The van der Waals surface area contributed by atoms with E-state index in [1.807, 2.05) is 0 Å². The maximum absolute atomic E-state index is 9.45. The molecule has 0 saturated heterocycles. The Labute approximate surface area is 88.7 Å². The molecular weight excluding hydrogens is 206 g/mol. The third-order valence-electron chi connectivity index (χ3n) is 1.83. The summed E-state index contributed by atoms with van der Waals surface area (Å²) >= 11 is 0. The van der Waals surface area contributed by atoms with Crippen LogP contribution in [0.1, 0.15) is 11.6 Å². The van der Waals surface area contributed by atoms with Gasteiger partial charge in [0, 0.05) is 0 Å². The minimum atomic E-state index is -0.615. The lowest BCUT2D eigenvalue weighted by molar-refractivity contribution is 0.261. The number of hydrogen-bond donors (Lipinski definition) is 3. The van der Waals surface area contributed by atoms with E-state index in [0.29, 0.717) is 11.3 Å². The van der Waals surface area contributed by atoms with Crippen LogP contribution in [-0.2, 0) is 0 Å². The summed E-state index contributed by atoms with van der Waals surface area (Å²) in [6, 6.07) is 4.23. The van der Waals surface area contributed by atoms with E-state index in [9.17, 15) is 5.11 Å². The summed E-state index contributed by atoms with van der Waals surface area (Å²) in [6.45, 7) is -0.228. The first kappa shape index (κ1) is 13.0. The van der Waals surface area contributed by atoms with E-state index in [2.05, 4.69) is 0 Å². The van der Waals surface area contributed by atoms with Crippen molar-refractivity contribution < 1.29 is 14.9 Å². The van der Waals surface area contributed by atoms with Crippen LogP contribution in [0.25, 0.3) is 0 Å². The standard InChI is InChI=1S/C9H13NO3.ClH/c1-13-8-4-2-3-7(12)9(8)6(10)5-11;/h2-4,6,11-12H,5,10H2,1H3;1H/t6-;/m0./s1. The molecule has 14 heavy (non-hydrogen) atoms. The van der Waals surface area contributed by atoms with Gasteiger partial charge in [0.05, 0.1) is 25.3 Å². The second-order valence-electron chi connectivity index (χ2n) is 2.68. The first-order chi connectivity index (χ1) is 6.20. The molecule has 4 nitrogen and oxygen atoms in total. The fraction of sp³-hybridized carbons (Fsp3) is 0.333. The summed E-state index contributed by atoms with van der Waals surface area (Å²) in [6.07, 6.45) is 0. The van der Waals surface area contributed by atoms with E-state index in [-0.39, 0.29) is 24.8 Å². The maximum Gasteiger partial charge on any atom is 0.127 e. The smallest absolute Gasteiger partial charge is 0.127 e. The summed E-state index contributed by atoms with van der Waals surface area (Å²) in [5.74, 6) is 0.530. The largest absolute Gasteiger partial charge is 0.507 e. The van der Waals surface area contributed by atoms with E-state index in [0.717, 1.165) is 0 Å². The van der Waals surface area contributed by atoms with Gasteiger partial charge >= 0.3 is 0 Å². The van der Waals surface area contributed by atoms with Gasteiger partial charge in [-0.15, -0.1) is 12.4 Å². The number of nitrogens with two attached hydrogens (primary N) is 1. The molecule has 0 aliphatic rings. The van der Waals surface area contributed by atoms with Crippen molar-refractivity contribution in [3.8, 4) is 11.5 Å². The van der Waals surface area contributed by atoms with Crippen molar-refractivity contribution >= 4 is 12.4 Å². The van der Waals surface area contributed by atoms with Crippen LogP contribution in [0.5, 0.6) is 11.5 Å². The lowest BCUT2D eigenvalue weighted by Gasteiger charge is -2.14. The van der Waals surface area contributed by atoms with Crippen LogP contribution in [0.4, 0.5) is 0 Å². The van der Waals surface area contributed by atoms with Crippen LogP contribution < -0.4 is 10.5 Å². The zero-order valence-corrected chi connectivity index (χ0v) is 8.62. The summed E-state index contributed by atoms with van der Waals surface area (Å²) < 4.78 is 5.00. The molecular formula is C9H14ClNO3. The Kier molecular flexibility index (Phi) is 5.30. The SMILES string of the molecule is COc1cccc(O)c1[C@@H](N)CO.Cl. The van der Waals surface area contributed by atoms with Crippen LogP contribution >= 0.6 is 12.4 Å². The predicted octanol–water partition coefficient (Wildman–Crippen LogP) is 0.815. The van der Waals surface area contributed by atoms with Crippen LogP contribution in [0.3, 0.4) is 0 Å². The first-order valence-corrected chi connectivity index (χ1v) is 3.93. The number of aliphatic hydroxyl groups is 1. The second kappa shape index (κ2) is 5.70. The molecule has 1 aromatic carbocycles. The van der Waals surface area contributed by atoms with Crippen molar-refractivity contribution in [1.29, 1.82) is 0 Å². The van der Waals surface area contributed by atoms with Crippen LogP contribution in [0.2, 0.25) is 0 Å². The molecule has 0 spiro atoms. The van der Waals surface area contributed by atoms with E-state index < -0.39 is 6.04 Å². The van der Waals surface area contributed by atoms with Gasteiger partial charge < -0.3 is 20.7 Å². The summed E-state index contributed by atoms with van der Waals surface area (Å²) in [5, 5.41) is 18.3. The molecule has 0 radical (unpaired) electrons. The number of aromatic hydroxyl groups is 1. The number of rotatable bonds is 3. The predicted molar refractivity (Wildman–Crippen MR) is 55.9 cm³/mol. The molecule has 0 aromatic heterocycles. The van der Waals surface area contributed by atoms with Crippen molar-refractivity contribution in [2.24, 2.45) is 5.73 Å². The molecule has 0 saturated carbocycles. The molecule has 0 fully saturated rings. The van der Waals surface area contributed by atoms with Gasteiger partial charge in [0.2, 0.25) is 0 Å². The fourth-order valence-corrected chi connectivity index (χ4v) is 1.17. The average molecular weight is 220 g/mol. The van der Waals surface area contributed by atoms with Crippen molar-refractivity contribution in [2.45, 2.75) is 6.04 Å². The number of benzene rings is 1. The van der Waals surface area contributed by atoms with Gasteiger partial charge in [0.15, 0.2) is 0 Å². The monoisotopic (exact) mass is 219 g/mol. The summed E-state index contributed by atoms with van der Waals surface area (Å²) in [5.41, 5.74) is 6.02. The van der Waals surface area contributed by atoms with Gasteiger partial charge in [-0.05, 0) is 12.1 Å². The molecule has 0 bridgehead atoms. The molecule has 5 heteroatoms. The number of halogens is 1. The highest BCUT2D eigenvalue weighted by molar-refractivity contribution is 5.85.